The monoisotopic (exact) mass is 702 g/mol. The lowest BCUT2D eigenvalue weighted by Gasteiger charge is -2.25. The molecule has 3 heteroatoms. The van der Waals surface area contributed by atoms with E-state index in [2.05, 4.69) is 204 Å². The fraction of sp³-hybridized carbons (Fsp3) is 0. The summed E-state index contributed by atoms with van der Waals surface area (Å²) in [6.45, 7) is 0. The highest BCUT2D eigenvalue weighted by atomic mass is 16.3. The SMILES string of the molecule is c1ccc(-c2cccc3c2c2ccc(-c4ccc5cc(N(c6ccccc6)c6ccc7c(c6)oc6ccccc67)ccc5c4)cc2n3-c2ccccc2)cc1. The average molecular weight is 703 g/mol. The number of nitrogens with zero attached hydrogens (tertiary/aromatic N) is 2. The first-order valence-corrected chi connectivity index (χ1v) is 18.8. The zero-order valence-electron chi connectivity index (χ0n) is 29.9. The van der Waals surface area contributed by atoms with Crippen LogP contribution in [-0.2, 0) is 0 Å². The van der Waals surface area contributed by atoms with Gasteiger partial charge < -0.3 is 13.9 Å². The Morgan fingerprint density at radius 1 is 0.364 bits per heavy atom. The zero-order chi connectivity index (χ0) is 36.3. The normalized spacial score (nSPS) is 11.6. The lowest BCUT2D eigenvalue weighted by atomic mass is 9.97. The average Bonchev–Trinajstić information content (AvgIpc) is 3.79. The Kier molecular flexibility index (Phi) is 7.17. The van der Waals surface area contributed by atoms with E-state index in [9.17, 15) is 0 Å². The maximum absolute atomic E-state index is 6.31. The summed E-state index contributed by atoms with van der Waals surface area (Å²) in [7, 11) is 0. The summed E-state index contributed by atoms with van der Waals surface area (Å²) in [5.74, 6) is 0. The van der Waals surface area contributed by atoms with Crippen molar-refractivity contribution >= 4 is 71.6 Å². The van der Waals surface area contributed by atoms with Crippen LogP contribution < -0.4 is 4.90 Å². The van der Waals surface area contributed by atoms with Gasteiger partial charge in [0.05, 0.1) is 11.0 Å². The molecule has 0 amide bonds. The number of aromatic nitrogens is 1. The van der Waals surface area contributed by atoms with Crippen LogP contribution in [0.1, 0.15) is 0 Å². The van der Waals surface area contributed by atoms with Crippen molar-refractivity contribution in [2.75, 3.05) is 4.90 Å². The van der Waals surface area contributed by atoms with Gasteiger partial charge in [-0.3, -0.25) is 0 Å². The highest BCUT2D eigenvalue weighted by Crippen LogP contribution is 2.42. The number of furan rings is 1. The standard InChI is InChI=1S/C52H34N2O/c1-4-13-35(14-5-1)44-20-12-21-48-52(44)47-29-26-39(33-49(47)54(48)41-17-8-3-9-18-41)36-23-24-38-32-42(27-25-37(38)31-36)53(40-15-6-2-7-16-40)43-28-30-46-45-19-10-11-22-50(45)55-51(46)34-43/h1-34H. The zero-order valence-corrected chi connectivity index (χ0v) is 29.9. The Hall–Kier alpha value is -7.36. The summed E-state index contributed by atoms with van der Waals surface area (Å²) < 4.78 is 8.73. The van der Waals surface area contributed by atoms with E-state index in [1.54, 1.807) is 0 Å². The topological polar surface area (TPSA) is 21.3 Å². The van der Waals surface area contributed by atoms with Gasteiger partial charge in [0, 0.05) is 50.4 Å². The molecule has 0 aliphatic rings. The summed E-state index contributed by atoms with van der Waals surface area (Å²) in [6.07, 6.45) is 0. The number of rotatable bonds is 6. The maximum atomic E-state index is 6.31. The van der Waals surface area contributed by atoms with Gasteiger partial charge in [0.15, 0.2) is 0 Å². The van der Waals surface area contributed by atoms with Gasteiger partial charge in [0.2, 0.25) is 0 Å². The van der Waals surface area contributed by atoms with Gasteiger partial charge in [0.25, 0.3) is 0 Å². The molecule has 258 valence electrons. The molecule has 9 aromatic carbocycles. The van der Waals surface area contributed by atoms with E-state index in [4.69, 9.17) is 4.42 Å². The summed E-state index contributed by atoms with van der Waals surface area (Å²) in [5, 5.41) is 7.14. The predicted octanol–water partition coefficient (Wildman–Crippen LogP) is 14.6. The van der Waals surface area contributed by atoms with Crippen molar-refractivity contribution in [2.24, 2.45) is 0 Å². The van der Waals surface area contributed by atoms with Crippen molar-refractivity contribution in [1.82, 2.24) is 4.57 Å². The third-order valence-electron chi connectivity index (χ3n) is 10.9. The third kappa shape index (κ3) is 5.20. The second kappa shape index (κ2) is 12.6. The van der Waals surface area contributed by atoms with Gasteiger partial charge >= 0.3 is 0 Å². The lowest BCUT2D eigenvalue weighted by Crippen LogP contribution is -2.09. The fourth-order valence-corrected chi connectivity index (χ4v) is 8.39. The number of anilines is 3. The quantitative estimate of drug-likeness (QED) is 0.172. The molecule has 0 unspecified atom stereocenters. The lowest BCUT2D eigenvalue weighted by molar-refractivity contribution is 0.669. The van der Waals surface area contributed by atoms with Crippen LogP contribution in [0.5, 0.6) is 0 Å². The number of fused-ring (bicyclic) bond motifs is 7. The first kappa shape index (κ1) is 31.2. The molecule has 0 saturated carbocycles. The summed E-state index contributed by atoms with van der Waals surface area (Å²) in [5.41, 5.74) is 13.4. The molecular formula is C52H34N2O. The van der Waals surface area contributed by atoms with Crippen LogP contribution in [0.2, 0.25) is 0 Å². The number of hydrogen-bond acceptors (Lipinski definition) is 2. The molecule has 0 bridgehead atoms. The van der Waals surface area contributed by atoms with Crippen LogP contribution in [0.4, 0.5) is 17.1 Å². The van der Waals surface area contributed by atoms with E-state index in [0.717, 1.165) is 44.7 Å². The Labute approximate surface area is 318 Å². The van der Waals surface area contributed by atoms with Crippen LogP contribution in [0.25, 0.3) is 82.5 Å². The second-order valence-electron chi connectivity index (χ2n) is 14.2. The minimum Gasteiger partial charge on any atom is -0.456 e. The van der Waals surface area contributed by atoms with Crippen molar-refractivity contribution in [1.29, 1.82) is 0 Å². The first-order valence-electron chi connectivity index (χ1n) is 18.8. The molecule has 11 aromatic rings. The summed E-state index contributed by atoms with van der Waals surface area (Å²) >= 11 is 0. The van der Waals surface area contributed by atoms with Crippen molar-refractivity contribution in [3.8, 4) is 27.9 Å². The highest BCUT2D eigenvalue weighted by molar-refractivity contribution is 6.16. The van der Waals surface area contributed by atoms with Crippen LogP contribution >= 0.6 is 0 Å². The molecule has 0 aliphatic heterocycles. The van der Waals surface area contributed by atoms with Gasteiger partial charge in [-0.2, -0.15) is 0 Å². The van der Waals surface area contributed by atoms with Crippen LogP contribution in [0.3, 0.4) is 0 Å². The minimum absolute atomic E-state index is 0.879. The molecule has 55 heavy (non-hydrogen) atoms. The summed E-state index contributed by atoms with van der Waals surface area (Å²) in [4.78, 5) is 2.31. The molecule has 0 atom stereocenters. The largest absolute Gasteiger partial charge is 0.456 e. The molecule has 3 nitrogen and oxygen atoms in total. The van der Waals surface area contributed by atoms with E-state index >= 15 is 0 Å². The van der Waals surface area contributed by atoms with Crippen molar-refractivity contribution in [3.05, 3.63) is 206 Å². The Morgan fingerprint density at radius 2 is 1.00 bits per heavy atom. The van der Waals surface area contributed by atoms with Crippen LogP contribution in [0.15, 0.2) is 211 Å². The van der Waals surface area contributed by atoms with Crippen molar-refractivity contribution in [2.45, 2.75) is 0 Å². The number of hydrogen-bond donors (Lipinski definition) is 0. The molecule has 2 aromatic heterocycles. The van der Waals surface area contributed by atoms with Crippen molar-refractivity contribution < 1.29 is 4.42 Å². The molecule has 0 N–H and O–H groups in total. The molecule has 11 rings (SSSR count). The van der Waals surface area contributed by atoms with Gasteiger partial charge in [-0.05, 0) is 106 Å². The smallest absolute Gasteiger partial charge is 0.137 e. The van der Waals surface area contributed by atoms with E-state index in [1.165, 1.54) is 54.8 Å². The molecule has 0 aliphatic carbocycles. The van der Waals surface area contributed by atoms with Crippen LogP contribution in [-0.4, -0.2) is 4.57 Å². The van der Waals surface area contributed by atoms with Crippen LogP contribution in [0, 0.1) is 0 Å². The van der Waals surface area contributed by atoms with Gasteiger partial charge in [-0.25, -0.2) is 0 Å². The van der Waals surface area contributed by atoms with Gasteiger partial charge in [-0.1, -0.05) is 127 Å². The minimum atomic E-state index is 0.879. The van der Waals surface area contributed by atoms with E-state index in [1.807, 2.05) is 12.1 Å². The molecule has 0 fully saturated rings. The Balaban J connectivity index is 1.03. The first-order chi connectivity index (χ1) is 27.3. The number of para-hydroxylation sites is 3. The second-order valence-corrected chi connectivity index (χ2v) is 14.2. The third-order valence-corrected chi connectivity index (χ3v) is 10.9. The maximum Gasteiger partial charge on any atom is 0.137 e. The molecule has 0 spiro atoms. The summed E-state index contributed by atoms with van der Waals surface area (Å²) in [6, 6.07) is 73.9. The number of benzene rings is 9. The van der Waals surface area contributed by atoms with Gasteiger partial charge in [-0.15, -0.1) is 0 Å². The van der Waals surface area contributed by atoms with Gasteiger partial charge in [0.1, 0.15) is 11.2 Å². The van der Waals surface area contributed by atoms with E-state index < -0.39 is 0 Å². The predicted molar refractivity (Wildman–Crippen MR) is 231 cm³/mol. The van der Waals surface area contributed by atoms with Crippen molar-refractivity contribution in [3.63, 3.8) is 0 Å². The molecular weight excluding hydrogens is 669 g/mol. The Bertz CT molecular complexity index is 3200. The molecule has 0 radical (unpaired) electrons. The molecule has 2 heterocycles. The van der Waals surface area contributed by atoms with E-state index in [-0.39, 0.29) is 0 Å². The highest BCUT2D eigenvalue weighted by Gasteiger charge is 2.18. The molecule has 0 saturated heterocycles. The fourth-order valence-electron chi connectivity index (χ4n) is 8.39. The Morgan fingerprint density at radius 3 is 1.85 bits per heavy atom. The van der Waals surface area contributed by atoms with E-state index in [0.29, 0.717) is 0 Å².